The number of hydrogen-bond acceptors (Lipinski definition) is 4. The van der Waals surface area contributed by atoms with Crippen LogP contribution in [0, 0.1) is 0 Å². The quantitative estimate of drug-likeness (QED) is 0.753. The molecule has 1 aromatic rings. The SMILES string of the molecule is Cn1cc(C(=O)NC2COCC2Br)nn1. The van der Waals surface area contributed by atoms with Crippen LogP contribution in [0.15, 0.2) is 6.20 Å². The fourth-order valence-electron chi connectivity index (χ4n) is 1.35. The molecule has 0 aromatic carbocycles. The van der Waals surface area contributed by atoms with Crippen LogP contribution < -0.4 is 5.32 Å². The average molecular weight is 275 g/mol. The summed E-state index contributed by atoms with van der Waals surface area (Å²) in [5, 5.41) is 10.3. The van der Waals surface area contributed by atoms with Crippen molar-refractivity contribution in [2.75, 3.05) is 13.2 Å². The van der Waals surface area contributed by atoms with E-state index in [4.69, 9.17) is 4.74 Å². The molecule has 0 bridgehead atoms. The van der Waals surface area contributed by atoms with Gasteiger partial charge in [-0.25, -0.2) is 0 Å². The van der Waals surface area contributed by atoms with E-state index in [1.807, 2.05) is 0 Å². The van der Waals surface area contributed by atoms with Crippen LogP contribution >= 0.6 is 15.9 Å². The lowest BCUT2D eigenvalue weighted by atomic mass is 10.2. The van der Waals surface area contributed by atoms with Crippen LogP contribution in [0.5, 0.6) is 0 Å². The summed E-state index contributed by atoms with van der Waals surface area (Å²) in [7, 11) is 1.72. The Hall–Kier alpha value is -0.950. The highest BCUT2D eigenvalue weighted by Gasteiger charge is 2.28. The summed E-state index contributed by atoms with van der Waals surface area (Å²) in [5.74, 6) is -0.219. The Morgan fingerprint density at radius 3 is 3.07 bits per heavy atom. The van der Waals surface area contributed by atoms with E-state index < -0.39 is 0 Å². The van der Waals surface area contributed by atoms with Gasteiger partial charge in [0.2, 0.25) is 0 Å². The molecule has 82 valence electrons. The molecule has 0 spiro atoms. The lowest BCUT2D eigenvalue weighted by Gasteiger charge is -2.12. The van der Waals surface area contributed by atoms with E-state index in [-0.39, 0.29) is 16.8 Å². The average Bonchev–Trinajstić information content (AvgIpc) is 2.77. The zero-order chi connectivity index (χ0) is 10.8. The fraction of sp³-hybridized carbons (Fsp3) is 0.625. The van der Waals surface area contributed by atoms with Crippen molar-refractivity contribution in [2.45, 2.75) is 10.9 Å². The number of carbonyl (C=O) groups excluding carboxylic acids is 1. The normalized spacial score (nSPS) is 25.5. The third kappa shape index (κ3) is 2.35. The van der Waals surface area contributed by atoms with E-state index in [1.54, 1.807) is 13.2 Å². The molecule has 1 fully saturated rings. The van der Waals surface area contributed by atoms with Gasteiger partial charge in [-0.2, -0.15) is 0 Å². The first-order valence-corrected chi connectivity index (χ1v) is 5.47. The number of aromatic nitrogens is 3. The van der Waals surface area contributed by atoms with Gasteiger partial charge in [0, 0.05) is 7.05 Å². The number of amides is 1. The smallest absolute Gasteiger partial charge is 0.273 e. The molecule has 0 saturated carbocycles. The van der Waals surface area contributed by atoms with Crippen LogP contribution in [0.4, 0.5) is 0 Å². The molecule has 1 aliphatic rings. The van der Waals surface area contributed by atoms with Gasteiger partial charge in [0.15, 0.2) is 5.69 Å². The van der Waals surface area contributed by atoms with Crippen molar-refractivity contribution in [2.24, 2.45) is 7.05 Å². The molecule has 0 aliphatic carbocycles. The van der Waals surface area contributed by atoms with Gasteiger partial charge in [-0.05, 0) is 0 Å². The van der Waals surface area contributed by atoms with Gasteiger partial charge < -0.3 is 10.1 Å². The van der Waals surface area contributed by atoms with E-state index in [9.17, 15) is 4.79 Å². The number of carbonyl (C=O) groups is 1. The Bertz CT molecular complexity index is 367. The molecule has 2 unspecified atom stereocenters. The summed E-state index contributed by atoms with van der Waals surface area (Å²) in [6.45, 7) is 1.15. The molecule has 2 atom stereocenters. The molecular formula is C8H11BrN4O2. The van der Waals surface area contributed by atoms with E-state index in [0.29, 0.717) is 18.9 Å². The van der Waals surface area contributed by atoms with E-state index in [0.717, 1.165) is 0 Å². The first-order valence-electron chi connectivity index (χ1n) is 4.56. The molecule has 1 N–H and O–H groups in total. The summed E-state index contributed by atoms with van der Waals surface area (Å²) in [6.07, 6.45) is 1.58. The van der Waals surface area contributed by atoms with Crippen LogP contribution in [0.25, 0.3) is 0 Å². The summed E-state index contributed by atoms with van der Waals surface area (Å²) < 4.78 is 6.70. The van der Waals surface area contributed by atoms with E-state index in [2.05, 4.69) is 31.6 Å². The maximum atomic E-state index is 11.7. The largest absolute Gasteiger partial charge is 0.378 e. The number of alkyl halides is 1. The van der Waals surface area contributed by atoms with Gasteiger partial charge in [-0.3, -0.25) is 9.48 Å². The van der Waals surface area contributed by atoms with Gasteiger partial charge in [-0.15, -0.1) is 5.10 Å². The highest BCUT2D eigenvalue weighted by molar-refractivity contribution is 9.09. The first kappa shape index (κ1) is 10.6. The van der Waals surface area contributed by atoms with Gasteiger partial charge in [-0.1, -0.05) is 21.1 Å². The number of aryl methyl sites for hydroxylation is 1. The Labute approximate surface area is 95.1 Å². The van der Waals surface area contributed by atoms with Crippen LogP contribution in [-0.4, -0.2) is 45.0 Å². The van der Waals surface area contributed by atoms with Gasteiger partial charge in [0.05, 0.1) is 30.3 Å². The van der Waals surface area contributed by atoms with Crippen LogP contribution in [0.2, 0.25) is 0 Å². The molecule has 15 heavy (non-hydrogen) atoms. The molecule has 1 amide bonds. The Morgan fingerprint density at radius 2 is 2.53 bits per heavy atom. The molecule has 1 saturated heterocycles. The van der Waals surface area contributed by atoms with Crippen molar-refractivity contribution >= 4 is 21.8 Å². The second-order valence-electron chi connectivity index (χ2n) is 3.41. The van der Waals surface area contributed by atoms with Gasteiger partial charge in [0.25, 0.3) is 5.91 Å². The van der Waals surface area contributed by atoms with Crippen molar-refractivity contribution < 1.29 is 9.53 Å². The van der Waals surface area contributed by atoms with Gasteiger partial charge in [0.1, 0.15) is 0 Å². The molecule has 6 nitrogen and oxygen atoms in total. The minimum absolute atomic E-state index is 0.000457. The zero-order valence-electron chi connectivity index (χ0n) is 8.18. The summed E-state index contributed by atoms with van der Waals surface area (Å²) in [4.78, 5) is 11.8. The topological polar surface area (TPSA) is 69.0 Å². The van der Waals surface area contributed by atoms with Gasteiger partial charge >= 0.3 is 0 Å². The van der Waals surface area contributed by atoms with Crippen molar-refractivity contribution in [1.82, 2.24) is 20.3 Å². The Morgan fingerprint density at radius 1 is 1.73 bits per heavy atom. The third-order valence-corrected chi connectivity index (χ3v) is 3.07. The molecule has 2 rings (SSSR count). The molecular weight excluding hydrogens is 264 g/mol. The zero-order valence-corrected chi connectivity index (χ0v) is 9.77. The van der Waals surface area contributed by atoms with Crippen molar-refractivity contribution in [3.8, 4) is 0 Å². The number of nitrogens with zero attached hydrogens (tertiary/aromatic N) is 3. The maximum Gasteiger partial charge on any atom is 0.273 e. The number of rotatable bonds is 2. The second kappa shape index (κ2) is 4.28. The molecule has 1 aromatic heterocycles. The first-order chi connectivity index (χ1) is 7.16. The maximum absolute atomic E-state index is 11.7. The molecule has 2 heterocycles. The summed E-state index contributed by atoms with van der Waals surface area (Å²) in [6, 6.07) is -0.000457. The highest BCUT2D eigenvalue weighted by atomic mass is 79.9. The Kier molecular flexibility index (Phi) is 3.01. The fourth-order valence-corrected chi connectivity index (χ4v) is 1.83. The number of ether oxygens (including phenoxy) is 1. The van der Waals surface area contributed by atoms with Crippen molar-refractivity contribution in [3.63, 3.8) is 0 Å². The van der Waals surface area contributed by atoms with Crippen LogP contribution in [-0.2, 0) is 11.8 Å². The minimum atomic E-state index is -0.219. The second-order valence-corrected chi connectivity index (χ2v) is 4.59. The summed E-state index contributed by atoms with van der Waals surface area (Å²) in [5.41, 5.74) is 0.323. The van der Waals surface area contributed by atoms with E-state index in [1.165, 1.54) is 4.68 Å². The molecule has 1 aliphatic heterocycles. The third-order valence-electron chi connectivity index (χ3n) is 2.16. The molecule has 0 radical (unpaired) electrons. The lowest BCUT2D eigenvalue weighted by molar-refractivity contribution is 0.0925. The lowest BCUT2D eigenvalue weighted by Crippen LogP contribution is -2.40. The number of hydrogen-bond donors (Lipinski definition) is 1. The predicted molar refractivity (Wildman–Crippen MR) is 55.8 cm³/mol. The van der Waals surface area contributed by atoms with E-state index >= 15 is 0 Å². The monoisotopic (exact) mass is 274 g/mol. The summed E-state index contributed by atoms with van der Waals surface area (Å²) >= 11 is 3.43. The Balaban J connectivity index is 1.97. The standard InChI is InChI=1S/C8H11BrN4O2/c1-13-2-6(11-12-13)8(14)10-7-4-15-3-5(7)9/h2,5,7H,3-4H2,1H3,(H,10,14). The van der Waals surface area contributed by atoms with Crippen LogP contribution in [0.3, 0.4) is 0 Å². The highest BCUT2D eigenvalue weighted by Crippen LogP contribution is 2.14. The van der Waals surface area contributed by atoms with Crippen LogP contribution in [0.1, 0.15) is 10.5 Å². The van der Waals surface area contributed by atoms with Crippen molar-refractivity contribution in [1.29, 1.82) is 0 Å². The number of nitrogens with one attached hydrogen (secondary N) is 1. The van der Waals surface area contributed by atoms with Crippen molar-refractivity contribution in [3.05, 3.63) is 11.9 Å². The number of halogens is 1. The minimum Gasteiger partial charge on any atom is -0.378 e. The molecule has 7 heteroatoms. The predicted octanol–water partition coefficient (Wildman–Crippen LogP) is -0.293.